The molecule has 27 heavy (non-hydrogen) atoms. The molecule has 0 bridgehead atoms. The second-order valence-electron chi connectivity index (χ2n) is 6.23. The zero-order valence-electron chi connectivity index (χ0n) is 16.0. The Morgan fingerprint density at radius 2 is 1.56 bits per heavy atom. The number of carbonyl (C=O) groups excluding carboxylic acids is 1. The molecule has 7 nitrogen and oxygen atoms in total. The van der Waals surface area contributed by atoms with Crippen molar-refractivity contribution in [2.75, 3.05) is 19.5 Å². The molecule has 1 atom stereocenters. The van der Waals surface area contributed by atoms with Gasteiger partial charge in [0.1, 0.15) is 0 Å². The first-order valence-electron chi connectivity index (χ1n) is 8.30. The lowest BCUT2D eigenvalue weighted by atomic mass is 10.1. The standard InChI is InChI=1S/C19H24N2O5S/c1-12-8-13(2)10-15(9-12)20-19(22)14(3)21-27(23,24)16-6-7-17(25-4)18(11-16)26-5/h6-11,14,21H,1-5H3,(H,20,22)/t14-/m0/s1. The molecule has 0 fully saturated rings. The van der Waals surface area contributed by atoms with E-state index in [0.717, 1.165) is 11.1 Å². The molecule has 0 saturated carbocycles. The van der Waals surface area contributed by atoms with Crippen LogP contribution in [0.5, 0.6) is 11.5 Å². The van der Waals surface area contributed by atoms with Crippen molar-refractivity contribution in [1.29, 1.82) is 0 Å². The van der Waals surface area contributed by atoms with Gasteiger partial charge in [-0.15, -0.1) is 0 Å². The lowest BCUT2D eigenvalue weighted by Crippen LogP contribution is -2.41. The summed E-state index contributed by atoms with van der Waals surface area (Å²) in [6.07, 6.45) is 0. The molecular formula is C19H24N2O5S. The van der Waals surface area contributed by atoms with Gasteiger partial charge in [0.2, 0.25) is 15.9 Å². The Hall–Kier alpha value is -2.58. The van der Waals surface area contributed by atoms with Gasteiger partial charge in [-0.2, -0.15) is 4.72 Å². The quantitative estimate of drug-likeness (QED) is 0.755. The summed E-state index contributed by atoms with van der Waals surface area (Å²) >= 11 is 0. The summed E-state index contributed by atoms with van der Waals surface area (Å²) in [7, 11) is -1.04. The van der Waals surface area contributed by atoms with Crippen LogP contribution in [0.1, 0.15) is 18.1 Å². The van der Waals surface area contributed by atoms with Crippen molar-refractivity contribution < 1.29 is 22.7 Å². The van der Waals surface area contributed by atoms with Crippen molar-refractivity contribution in [1.82, 2.24) is 4.72 Å². The highest BCUT2D eigenvalue weighted by Gasteiger charge is 2.23. The van der Waals surface area contributed by atoms with E-state index >= 15 is 0 Å². The molecule has 0 aromatic heterocycles. The van der Waals surface area contributed by atoms with E-state index in [1.807, 2.05) is 32.0 Å². The molecule has 2 aromatic carbocycles. The second kappa shape index (κ2) is 8.41. The molecule has 8 heteroatoms. The average Bonchev–Trinajstić information content (AvgIpc) is 2.59. The van der Waals surface area contributed by atoms with Gasteiger partial charge in [0.25, 0.3) is 0 Å². The fourth-order valence-corrected chi connectivity index (χ4v) is 3.85. The lowest BCUT2D eigenvalue weighted by Gasteiger charge is -2.16. The van der Waals surface area contributed by atoms with E-state index < -0.39 is 22.0 Å². The van der Waals surface area contributed by atoms with E-state index in [2.05, 4.69) is 10.0 Å². The fraction of sp³-hybridized carbons (Fsp3) is 0.316. The van der Waals surface area contributed by atoms with Crippen molar-refractivity contribution in [3.05, 3.63) is 47.5 Å². The number of aryl methyl sites for hydroxylation is 2. The van der Waals surface area contributed by atoms with Crippen molar-refractivity contribution in [2.24, 2.45) is 0 Å². The van der Waals surface area contributed by atoms with Crippen LogP contribution < -0.4 is 19.5 Å². The topological polar surface area (TPSA) is 93.7 Å². The van der Waals surface area contributed by atoms with Crippen LogP contribution in [-0.4, -0.2) is 34.6 Å². The Bertz CT molecular complexity index is 921. The third-order valence-corrected chi connectivity index (χ3v) is 5.42. The molecule has 2 N–H and O–H groups in total. The molecule has 2 rings (SSSR count). The molecule has 0 unspecified atom stereocenters. The zero-order chi connectivity index (χ0) is 20.2. The van der Waals surface area contributed by atoms with Gasteiger partial charge in [-0.25, -0.2) is 8.42 Å². The number of benzene rings is 2. The van der Waals surface area contributed by atoms with E-state index in [9.17, 15) is 13.2 Å². The minimum atomic E-state index is -3.92. The minimum Gasteiger partial charge on any atom is -0.493 e. The lowest BCUT2D eigenvalue weighted by molar-refractivity contribution is -0.117. The smallest absolute Gasteiger partial charge is 0.242 e. The van der Waals surface area contributed by atoms with Crippen LogP contribution in [0.15, 0.2) is 41.3 Å². The highest BCUT2D eigenvalue weighted by atomic mass is 32.2. The maximum atomic E-state index is 12.6. The Labute approximate surface area is 159 Å². The zero-order valence-corrected chi connectivity index (χ0v) is 16.8. The summed E-state index contributed by atoms with van der Waals surface area (Å²) in [5.74, 6) is 0.244. The van der Waals surface area contributed by atoms with E-state index in [1.54, 1.807) is 0 Å². The molecule has 2 aromatic rings. The average molecular weight is 392 g/mol. The third kappa shape index (κ3) is 5.21. The highest BCUT2D eigenvalue weighted by Crippen LogP contribution is 2.29. The van der Waals surface area contributed by atoms with Gasteiger partial charge in [0.05, 0.1) is 25.2 Å². The predicted octanol–water partition coefficient (Wildman–Crippen LogP) is 2.63. The van der Waals surface area contributed by atoms with Crippen LogP contribution in [0.25, 0.3) is 0 Å². The summed E-state index contributed by atoms with van der Waals surface area (Å²) in [6, 6.07) is 8.88. The van der Waals surface area contributed by atoms with Crippen molar-refractivity contribution in [3.63, 3.8) is 0 Å². The van der Waals surface area contributed by atoms with Crippen molar-refractivity contribution >= 4 is 21.6 Å². The summed E-state index contributed by atoms with van der Waals surface area (Å²) in [5, 5.41) is 2.73. The number of amides is 1. The Morgan fingerprint density at radius 3 is 2.11 bits per heavy atom. The normalized spacial score (nSPS) is 12.3. The molecule has 0 saturated heterocycles. The second-order valence-corrected chi connectivity index (χ2v) is 7.94. The summed E-state index contributed by atoms with van der Waals surface area (Å²) in [5.41, 5.74) is 2.63. The van der Waals surface area contributed by atoms with E-state index in [-0.39, 0.29) is 10.6 Å². The van der Waals surface area contributed by atoms with Gasteiger partial charge >= 0.3 is 0 Å². The first-order chi connectivity index (χ1) is 12.7. The van der Waals surface area contributed by atoms with Gasteiger partial charge < -0.3 is 14.8 Å². The van der Waals surface area contributed by atoms with E-state index in [1.165, 1.54) is 39.3 Å². The SMILES string of the molecule is COc1ccc(S(=O)(=O)N[C@@H](C)C(=O)Nc2cc(C)cc(C)c2)cc1OC. The molecule has 1 amide bonds. The van der Waals surface area contributed by atoms with Crippen LogP contribution in [0, 0.1) is 13.8 Å². The van der Waals surface area contributed by atoms with Gasteiger partial charge in [-0.1, -0.05) is 6.07 Å². The maximum Gasteiger partial charge on any atom is 0.242 e. The first kappa shape index (κ1) is 20.7. The molecular weight excluding hydrogens is 368 g/mol. The number of hydrogen-bond acceptors (Lipinski definition) is 5. The number of rotatable bonds is 7. The Morgan fingerprint density at radius 1 is 0.963 bits per heavy atom. The summed E-state index contributed by atoms with van der Waals surface area (Å²) in [6.45, 7) is 5.33. The molecule has 0 aliphatic carbocycles. The van der Waals surface area contributed by atoms with Crippen LogP contribution in [0.4, 0.5) is 5.69 Å². The van der Waals surface area contributed by atoms with Crippen LogP contribution in [0.2, 0.25) is 0 Å². The minimum absolute atomic E-state index is 0.0220. The van der Waals surface area contributed by atoms with E-state index in [4.69, 9.17) is 9.47 Å². The first-order valence-corrected chi connectivity index (χ1v) is 9.78. The molecule has 146 valence electrons. The summed E-state index contributed by atoms with van der Waals surface area (Å²) in [4.78, 5) is 12.4. The number of sulfonamides is 1. The molecule has 0 spiro atoms. The number of ether oxygens (including phenoxy) is 2. The van der Waals surface area contributed by atoms with Gasteiger partial charge in [-0.05, 0) is 56.2 Å². The number of nitrogens with one attached hydrogen (secondary N) is 2. The van der Waals surface area contributed by atoms with Crippen LogP contribution in [0.3, 0.4) is 0 Å². The van der Waals surface area contributed by atoms with Crippen molar-refractivity contribution in [3.8, 4) is 11.5 Å². The maximum absolute atomic E-state index is 12.6. The van der Waals surface area contributed by atoms with Crippen LogP contribution in [-0.2, 0) is 14.8 Å². The van der Waals surface area contributed by atoms with Gasteiger partial charge in [0, 0.05) is 11.8 Å². The number of carbonyl (C=O) groups is 1. The number of methoxy groups -OCH3 is 2. The highest BCUT2D eigenvalue weighted by molar-refractivity contribution is 7.89. The largest absolute Gasteiger partial charge is 0.493 e. The molecule has 0 aliphatic heterocycles. The predicted molar refractivity (Wildman–Crippen MR) is 104 cm³/mol. The van der Waals surface area contributed by atoms with E-state index in [0.29, 0.717) is 11.4 Å². The third-order valence-electron chi connectivity index (χ3n) is 3.88. The van der Waals surface area contributed by atoms with Crippen LogP contribution >= 0.6 is 0 Å². The number of anilines is 1. The van der Waals surface area contributed by atoms with Gasteiger partial charge in [-0.3, -0.25) is 4.79 Å². The molecule has 0 radical (unpaired) electrons. The Balaban J connectivity index is 2.15. The number of hydrogen-bond donors (Lipinski definition) is 2. The Kier molecular flexibility index (Phi) is 6.45. The molecule has 0 aliphatic rings. The van der Waals surface area contributed by atoms with Crippen molar-refractivity contribution in [2.45, 2.75) is 31.7 Å². The summed E-state index contributed by atoms with van der Waals surface area (Å²) < 4.78 is 37.8. The molecule has 0 heterocycles. The monoisotopic (exact) mass is 392 g/mol. The van der Waals surface area contributed by atoms with Gasteiger partial charge in [0.15, 0.2) is 11.5 Å². The fourth-order valence-electron chi connectivity index (χ4n) is 2.64.